The summed E-state index contributed by atoms with van der Waals surface area (Å²) >= 11 is 1.72. The third kappa shape index (κ3) is 2.84. The van der Waals surface area contributed by atoms with Gasteiger partial charge in [-0.25, -0.2) is 0 Å². The number of rotatable bonds is 5. The van der Waals surface area contributed by atoms with Crippen LogP contribution in [0, 0.1) is 11.3 Å². The van der Waals surface area contributed by atoms with Crippen LogP contribution in [0.5, 0.6) is 0 Å². The molecule has 4 heteroatoms. The van der Waals surface area contributed by atoms with Crippen molar-refractivity contribution in [3.63, 3.8) is 0 Å². The van der Waals surface area contributed by atoms with Gasteiger partial charge in [-0.2, -0.15) is 0 Å². The normalized spacial score (nSPS) is 22.9. The second-order valence-electron chi connectivity index (χ2n) is 5.64. The lowest BCUT2D eigenvalue weighted by atomic mass is 9.75. The third-order valence-corrected chi connectivity index (χ3v) is 5.18. The van der Waals surface area contributed by atoms with Crippen molar-refractivity contribution < 1.29 is 4.79 Å². The van der Waals surface area contributed by atoms with Crippen molar-refractivity contribution in [3.05, 3.63) is 22.4 Å². The summed E-state index contributed by atoms with van der Waals surface area (Å²) < 4.78 is 0. The summed E-state index contributed by atoms with van der Waals surface area (Å²) in [6.07, 6.45) is 0.963. The summed E-state index contributed by atoms with van der Waals surface area (Å²) in [7, 11) is 0. The van der Waals surface area contributed by atoms with Gasteiger partial charge in [-0.05, 0) is 37.3 Å². The molecule has 1 N–H and O–H groups in total. The Bertz CT molecular complexity index is 408. The molecule has 0 aliphatic carbocycles. The van der Waals surface area contributed by atoms with Crippen LogP contribution in [0.25, 0.3) is 0 Å². The number of nitrogens with one attached hydrogen (secondary N) is 1. The monoisotopic (exact) mass is 280 g/mol. The van der Waals surface area contributed by atoms with Crippen molar-refractivity contribution in [1.29, 1.82) is 0 Å². The molecule has 1 aromatic rings. The Morgan fingerprint density at radius 3 is 2.84 bits per heavy atom. The lowest BCUT2D eigenvalue weighted by molar-refractivity contribution is -0.144. The maximum Gasteiger partial charge on any atom is 0.230 e. The van der Waals surface area contributed by atoms with Crippen molar-refractivity contribution in [2.24, 2.45) is 11.3 Å². The highest BCUT2D eigenvalue weighted by atomic mass is 32.1. The van der Waals surface area contributed by atoms with Gasteiger partial charge in [-0.1, -0.05) is 19.9 Å². The van der Waals surface area contributed by atoms with Gasteiger partial charge in [0.1, 0.15) is 0 Å². The van der Waals surface area contributed by atoms with Crippen molar-refractivity contribution in [1.82, 2.24) is 10.2 Å². The number of carbonyl (C=O) groups is 1. The molecule has 0 radical (unpaired) electrons. The van der Waals surface area contributed by atoms with Gasteiger partial charge >= 0.3 is 0 Å². The molecule has 1 fully saturated rings. The van der Waals surface area contributed by atoms with Crippen LogP contribution in [0.4, 0.5) is 0 Å². The fraction of sp³-hybridized carbons (Fsp3) is 0.667. The highest BCUT2D eigenvalue weighted by molar-refractivity contribution is 7.09. The average Bonchev–Trinajstić information content (AvgIpc) is 3.06. The number of hydrogen-bond donors (Lipinski definition) is 1. The molecule has 1 aliphatic rings. The van der Waals surface area contributed by atoms with Gasteiger partial charge in [-0.3, -0.25) is 4.79 Å². The quantitative estimate of drug-likeness (QED) is 0.899. The zero-order chi connectivity index (χ0) is 13.9. The largest absolute Gasteiger partial charge is 0.337 e. The topological polar surface area (TPSA) is 32.3 Å². The second kappa shape index (κ2) is 6.06. The molecule has 1 saturated heterocycles. The first kappa shape index (κ1) is 14.5. The van der Waals surface area contributed by atoms with E-state index in [4.69, 9.17) is 0 Å². The van der Waals surface area contributed by atoms with Crippen LogP contribution in [0.3, 0.4) is 0 Å². The lowest BCUT2D eigenvalue weighted by Gasteiger charge is -2.36. The van der Waals surface area contributed by atoms with Crippen molar-refractivity contribution in [2.45, 2.75) is 33.7 Å². The van der Waals surface area contributed by atoms with Crippen LogP contribution in [0.2, 0.25) is 0 Å². The van der Waals surface area contributed by atoms with E-state index in [1.165, 1.54) is 4.88 Å². The minimum Gasteiger partial charge on any atom is -0.337 e. The molecule has 0 bridgehead atoms. The Kier molecular flexibility index (Phi) is 4.63. The van der Waals surface area contributed by atoms with Crippen LogP contribution < -0.4 is 5.32 Å². The van der Waals surface area contributed by atoms with Gasteiger partial charge in [0.05, 0.1) is 12.0 Å². The molecule has 0 saturated carbocycles. The summed E-state index contributed by atoms with van der Waals surface area (Å²) in [6.45, 7) is 9.73. The molecular formula is C15H24N2OS. The molecule has 1 amide bonds. The molecule has 1 atom stereocenters. The van der Waals surface area contributed by atoms with Gasteiger partial charge in [-0.15, -0.1) is 11.3 Å². The fourth-order valence-corrected chi connectivity index (χ4v) is 3.59. The van der Waals surface area contributed by atoms with Crippen LogP contribution >= 0.6 is 11.3 Å². The predicted octanol–water partition coefficient (Wildman–Crippen LogP) is 2.73. The van der Waals surface area contributed by atoms with E-state index in [9.17, 15) is 4.79 Å². The van der Waals surface area contributed by atoms with Gasteiger partial charge in [0.15, 0.2) is 0 Å². The number of carbonyl (C=O) groups excluding carboxylic acids is 1. The molecule has 19 heavy (non-hydrogen) atoms. The van der Waals surface area contributed by atoms with E-state index in [0.717, 1.165) is 32.6 Å². The van der Waals surface area contributed by atoms with Crippen LogP contribution in [-0.4, -0.2) is 30.4 Å². The van der Waals surface area contributed by atoms with Crippen LogP contribution in [0.15, 0.2) is 17.5 Å². The SMILES string of the molecule is CCN(Cc1cccs1)C(=O)C1(C(C)C)CCNC1. The van der Waals surface area contributed by atoms with Gasteiger partial charge in [0.2, 0.25) is 5.91 Å². The zero-order valence-electron chi connectivity index (χ0n) is 12.1. The number of thiophene rings is 1. The first-order valence-electron chi connectivity index (χ1n) is 7.12. The number of amides is 1. The Morgan fingerprint density at radius 2 is 2.37 bits per heavy atom. The molecule has 2 rings (SSSR count). The fourth-order valence-electron chi connectivity index (χ4n) is 2.87. The van der Waals surface area contributed by atoms with E-state index in [1.54, 1.807) is 11.3 Å². The first-order chi connectivity index (χ1) is 9.10. The van der Waals surface area contributed by atoms with Crippen molar-refractivity contribution >= 4 is 17.2 Å². The molecular weight excluding hydrogens is 256 g/mol. The van der Waals surface area contributed by atoms with E-state index < -0.39 is 0 Å². The van der Waals surface area contributed by atoms with Crippen molar-refractivity contribution in [2.75, 3.05) is 19.6 Å². The third-order valence-electron chi connectivity index (χ3n) is 4.32. The number of hydrogen-bond acceptors (Lipinski definition) is 3. The molecule has 0 spiro atoms. The summed E-state index contributed by atoms with van der Waals surface area (Å²) in [5.74, 6) is 0.704. The van der Waals surface area contributed by atoms with E-state index in [0.29, 0.717) is 11.8 Å². The minimum absolute atomic E-state index is 0.201. The molecule has 106 valence electrons. The predicted molar refractivity (Wildman–Crippen MR) is 80.2 cm³/mol. The summed E-state index contributed by atoms with van der Waals surface area (Å²) in [6, 6.07) is 4.16. The molecule has 0 aromatic carbocycles. The van der Waals surface area contributed by atoms with Crippen LogP contribution in [-0.2, 0) is 11.3 Å². The van der Waals surface area contributed by atoms with Crippen molar-refractivity contribution in [3.8, 4) is 0 Å². The maximum atomic E-state index is 13.0. The van der Waals surface area contributed by atoms with Gasteiger partial charge in [0, 0.05) is 18.0 Å². The molecule has 1 aromatic heterocycles. The maximum absolute atomic E-state index is 13.0. The number of nitrogens with zero attached hydrogens (tertiary/aromatic N) is 1. The van der Waals surface area contributed by atoms with E-state index in [2.05, 4.69) is 37.5 Å². The average molecular weight is 280 g/mol. The van der Waals surface area contributed by atoms with E-state index >= 15 is 0 Å². The highest BCUT2D eigenvalue weighted by Gasteiger charge is 2.45. The minimum atomic E-state index is -0.201. The summed E-state index contributed by atoms with van der Waals surface area (Å²) in [4.78, 5) is 16.2. The highest BCUT2D eigenvalue weighted by Crippen LogP contribution is 2.36. The summed E-state index contributed by atoms with van der Waals surface area (Å²) in [5, 5.41) is 5.44. The summed E-state index contributed by atoms with van der Waals surface area (Å²) in [5.41, 5.74) is -0.201. The Balaban J connectivity index is 2.15. The lowest BCUT2D eigenvalue weighted by Crippen LogP contribution is -2.47. The molecule has 1 aliphatic heterocycles. The molecule has 2 heterocycles. The second-order valence-corrected chi connectivity index (χ2v) is 6.67. The van der Waals surface area contributed by atoms with Crippen LogP contribution in [0.1, 0.15) is 32.1 Å². The Labute approximate surface area is 120 Å². The standard InChI is InChI=1S/C15H24N2OS/c1-4-17(10-13-6-5-9-19-13)14(18)15(12(2)3)7-8-16-11-15/h5-6,9,12,16H,4,7-8,10-11H2,1-3H3. The zero-order valence-corrected chi connectivity index (χ0v) is 12.9. The van der Waals surface area contributed by atoms with Gasteiger partial charge < -0.3 is 10.2 Å². The Hall–Kier alpha value is -0.870. The first-order valence-corrected chi connectivity index (χ1v) is 8.00. The molecule has 3 nitrogen and oxygen atoms in total. The molecule has 1 unspecified atom stereocenters. The van der Waals surface area contributed by atoms with E-state index in [-0.39, 0.29) is 5.41 Å². The Morgan fingerprint density at radius 1 is 1.58 bits per heavy atom. The smallest absolute Gasteiger partial charge is 0.230 e. The van der Waals surface area contributed by atoms with Gasteiger partial charge in [0.25, 0.3) is 0 Å². The van der Waals surface area contributed by atoms with E-state index in [1.807, 2.05) is 11.0 Å².